The molecule has 4 rings (SSSR count). The topological polar surface area (TPSA) is 88.6 Å². The van der Waals surface area contributed by atoms with Crippen molar-refractivity contribution in [1.82, 2.24) is 9.88 Å². The molecule has 0 saturated heterocycles. The average Bonchev–Trinajstić information content (AvgIpc) is 3.30. The van der Waals surface area contributed by atoms with Gasteiger partial charge in [0.15, 0.2) is 15.0 Å². The Bertz CT molecular complexity index is 1320. The average molecular weight is 536 g/mol. The molecule has 3 aromatic rings. The summed E-state index contributed by atoms with van der Waals surface area (Å²) < 4.78 is 52.4. The molecule has 0 radical (unpaired) electrons. The molecule has 1 aliphatic rings. The molecule has 0 spiro atoms. The number of amides is 1. The van der Waals surface area contributed by atoms with E-state index in [1.807, 2.05) is 0 Å². The van der Waals surface area contributed by atoms with E-state index in [4.69, 9.17) is 4.98 Å². The Hall–Kier alpha value is -2.89. The number of nitrogens with one attached hydrogen (secondary N) is 1. The summed E-state index contributed by atoms with van der Waals surface area (Å²) in [7, 11) is -3.28. The smallest absolute Gasteiger partial charge is 0.387 e. The van der Waals surface area contributed by atoms with Crippen LogP contribution in [0.4, 0.5) is 13.9 Å². The standard InChI is InChI=1S/C25H27F2N3O4S2/c1-15(2)23-22-20(14-30(23)13-17-4-8-18(9-5-17)34-24(26)27)35-25(29-22)28-21(31)12-16-6-10-19(11-7-16)36(3,32)33/h4-11,15,23-24H,12-14H2,1-3H3,(H,28,29,31). The van der Waals surface area contributed by atoms with Gasteiger partial charge < -0.3 is 10.1 Å². The number of carbonyl (C=O) groups is 1. The Balaban J connectivity index is 1.40. The normalized spacial score (nSPS) is 15.9. The zero-order valence-electron chi connectivity index (χ0n) is 20.1. The van der Waals surface area contributed by atoms with E-state index in [1.165, 1.54) is 35.6 Å². The summed E-state index contributed by atoms with van der Waals surface area (Å²) in [5.41, 5.74) is 2.63. The van der Waals surface area contributed by atoms with Gasteiger partial charge in [-0.05, 0) is 41.3 Å². The van der Waals surface area contributed by atoms with E-state index in [1.54, 1.807) is 24.3 Å². The first-order chi connectivity index (χ1) is 17.0. The monoisotopic (exact) mass is 535 g/mol. The van der Waals surface area contributed by atoms with Crippen LogP contribution in [0.2, 0.25) is 0 Å². The van der Waals surface area contributed by atoms with E-state index in [0.717, 1.165) is 22.4 Å². The number of carbonyl (C=O) groups excluding carboxylic acids is 1. The van der Waals surface area contributed by atoms with Crippen molar-refractivity contribution in [3.63, 3.8) is 0 Å². The van der Waals surface area contributed by atoms with Crippen LogP contribution in [0.5, 0.6) is 5.75 Å². The van der Waals surface area contributed by atoms with Gasteiger partial charge in [0.1, 0.15) is 5.75 Å². The summed E-state index contributed by atoms with van der Waals surface area (Å²) >= 11 is 1.44. The fourth-order valence-corrected chi connectivity index (χ4v) is 6.00. The van der Waals surface area contributed by atoms with Crippen molar-refractivity contribution in [2.24, 2.45) is 5.92 Å². The van der Waals surface area contributed by atoms with Crippen LogP contribution in [0.3, 0.4) is 0 Å². The summed E-state index contributed by atoms with van der Waals surface area (Å²) in [6.07, 6.45) is 1.25. The maximum absolute atomic E-state index is 12.6. The number of thiazole rings is 1. The number of hydrogen-bond donors (Lipinski definition) is 1. The van der Waals surface area contributed by atoms with Gasteiger partial charge in [-0.2, -0.15) is 8.78 Å². The lowest BCUT2D eigenvalue weighted by Crippen LogP contribution is -2.26. The zero-order chi connectivity index (χ0) is 26.0. The molecule has 192 valence electrons. The Labute approximate surface area is 213 Å². The van der Waals surface area contributed by atoms with E-state index >= 15 is 0 Å². The number of nitrogens with zero attached hydrogens (tertiary/aromatic N) is 2. The molecule has 11 heteroatoms. The highest BCUT2D eigenvalue weighted by atomic mass is 32.2. The molecule has 36 heavy (non-hydrogen) atoms. The van der Waals surface area contributed by atoms with Gasteiger partial charge in [0.25, 0.3) is 0 Å². The second-order valence-electron chi connectivity index (χ2n) is 9.08. The Kier molecular flexibility index (Phi) is 7.72. The van der Waals surface area contributed by atoms with Crippen molar-refractivity contribution in [3.8, 4) is 5.75 Å². The first-order valence-corrected chi connectivity index (χ1v) is 14.1. The molecule has 1 aliphatic heterocycles. The number of benzene rings is 2. The van der Waals surface area contributed by atoms with E-state index < -0.39 is 16.4 Å². The number of rotatable bonds is 9. The van der Waals surface area contributed by atoms with Gasteiger partial charge >= 0.3 is 6.61 Å². The van der Waals surface area contributed by atoms with Gasteiger partial charge in [0.05, 0.1) is 23.1 Å². The first kappa shape index (κ1) is 26.2. The molecule has 1 aromatic heterocycles. The van der Waals surface area contributed by atoms with Crippen LogP contribution in [0.25, 0.3) is 0 Å². The molecule has 1 amide bonds. The van der Waals surface area contributed by atoms with E-state index in [2.05, 4.69) is 28.8 Å². The molecule has 1 unspecified atom stereocenters. The number of alkyl halides is 2. The highest BCUT2D eigenvalue weighted by Crippen LogP contribution is 2.43. The minimum atomic E-state index is -3.28. The van der Waals surface area contributed by atoms with Crippen LogP contribution in [0.15, 0.2) is 53.4 Å². The third-order valence-corrected chi connectivity index (χ3v) is 7.98. The molecule has 2 aromatic carbocycles. The van der Waals surface area contributed by atoms with Crippen LogP contribution in [-0.4, -0.2) is 37.1 Å². The fourth-order valence-electron chi connectivity index (χ4n) is 4.32. The Morgan fingerprint density at radius 3 is 2.36 bits per heavy atom. The van der Waals surface area contributed by atoms with Crippen LogP contribution in [0.1, 0.15) is 41.6 Å². The second-order valence-corrected chi connectivity index (χ2v) is 12.2. The number of hydrogen-bond acceptors (Lipinski definition) is 7. The third-order valence-electron chi connectivity index (χ3n) is 5.88. The van der Waals surface area contributed by atoms with Gasteiger partial charge in [-0.15, -0.1) is 11.3 Å². The quantitative estimate of drug-likeness (QED) is 0.413. The van der Waals surface area contributed by atoms with Crippen LogP contribution < -0.4 is 10.1 Å². The van der Waals surface area contributed by atoms with Crippen LogP contribution in [-0.2, 0) is 34.1 Å². The molecule has 1 N–H and O–H groups in total. The lowest BCUT2D eigenvalue weighted by molar-refractivity contribution is -0.115. The largest absolute Gasteiger partial charge is 0.435 e. The Morgan fingerprint density at radius 1 is 1.14 bits per heavy atom. The summed E-state index contributed by atoms with van der Waals surface area (Å²) in [4.78, 5) is 20.9. The molecule has 2 heterocycles. The SMILES string of the molecule is CC(C)C1c2nc(NC(=O)Cc3ccc(S(C)(=O)=O)cc3)sc2CN1Cc1ccc(OC(F)F)cc1. The summed E-state index contributed by atoms with van der Waals surface area (Å²) in [5.74, 6) is 0.174. The molecule has 1 atom stereocenters. The molecular weight excluding hydrogens is 508 g/mol. The van der Waals surface area contributed by atoms with Gasteiger partial charge in [-0.1, -0.05) is 38.1 Å². The molecule has 0 bridgehead atoms. The van der Waals surface area contributed by atoms with Crippen molar-refractivity contribution >= 4 is 32.2 Å². The summed E-state index contributed by atoms with van der Waals surface area (Å²) in [5, 5.41) is 3.41. The van der Waals surface area contributed by atoms with Gasteiger partial charge in [0, 0.05) is 24.2 Å². The first-order valence-electron chi connectivity index (χ1n) is 11.4. The minimum absolute atomic E-state index is 0.0578. The lowest BCUT2D eigenvalue weighted by Gasteiger charge is -2.27. The van der Waals surface area contributed by atoms with E-state index in [-0.39, 0.29) is 34.9 Å². The number of anilines is 1. The maximum atomic E-state index is 12.6. The number of ether oxygens (including phenoxy) is 1. The number of halogens is 2. The Morgan fingerprint density at radius 2 is 1.78 bits per heavy atom. The maximum Gasteiger partial charge on any atom is 0.387 e. The van der Waals surface area contributed by atoms with E-state index in [9.17, 15) is 22.0 Å². The highest BCUT2D eigenvalue weighted by Gasteiger charge is 2.36. The van der Waals surface area contributed by atoms with Gasteiger partial charge in [-0.25, -0.2) is 13.4 Å². The second kappa shape index (κ2) is 10.6. The van der Waals surface area contributed by atoms with Crippen LogP contribution in [0, 0.1) is 5.92 Å². The van der Waals surface area contributed by atoms with Gasteiger partial charge in [-0.3, -0.25) is 9.69 Å². The number of fused-ring (bicyclic) bond motifs is 1. The van der Waals surface area contributed by atoms with Crippen molar-refractivity contribution in [1.29, 1.82) is 0 Å². The predicted octanol–water partition coefficient (Wildman–Crippen LogP) is 5.04. The van der Waals surface area contributed by atoms with E-state index in [0.29, 0.717) is 23.8 Å². The summed E-state index contributed by atoms with van der Waals surface area (Å²) in [6.45, 7) is 2.69. The molecule has 0 fully saturated rings. The predicted molar refractivity (Wildman–Crippen MR) is 134 cm³/mol. The van der Waals surface area contributed by atoms with Crippen molar-refractivity contribution in [2.75, 3.05) is 11.6 Å². The number of sulfone groups is 1. The van der Waals surface area contributed by atoms with Gasteiger partial charge in [0.2, 0.25) is 5.91 Å². The highest BCUT2D eigenvalue weighted by molar-refractivity contribution is 7.90. The number of aromatic nitrogens is 1. The van der Waals surface area contributed by atoms with Crippen LogP contribution >= 0.6 is 11.3 Å². The molecular formula is C25H27F2N3O4S2. The minimum Gasteiger partial charge on any atom is -0.435 e. The third kappa shape index (κ3) is 6.26. The van der Waals surface area contributed by atoms with Crippen molar-refractivity contribution in [2.45, 2.75) is 50.9 Å². The lowest BCUT2D eigenvalue weighted by atomic mass is 10.0. The van der Waals surface area contributed by atoms with Crippen molar-refractivity contribution in [3.05, 3.63) is 70.2 Å². The molecule has 0 saturated carbocycles. The van der Waals surface area contributed by atoms with Crippen molar-refractivity contribution < 1.29 is 26.7 Å². The molecule has 7 nitrogen and oxygen atoms in total. The molecule has 0 aliphatic carbocycles. The zero-order valence-corrected chi connectivity index (χ0v) is 21.7. The summed E-state index contributed by atoms with van der Waals surface area (Å²) in [6, 6.07) is 13.0. The fraction of sp³-hybridized carbons (Fsp3) is 0.360.